The summed E-state index contributed by atoms with van der Waals surface area (Å²) < 4.78 is 72.7. The number of benzene rings is 2. The molecule has 212 valence electrons. The molecule has 2 amide bonds. The number of halogens is 6. The van der Waals surface area contributed by atoms with E-state index in [1.54, 1.807) is 42.3 Å². The molecule has 40 heavy (non-hydrogen) atoms. The fourth-order valence-electron chi connectivity index (χ4n) is 3.62. The minimum atomic E-state index is -5.08. The molecule has 0 radical (unpaired) electrons. The van der Waals surface area contributed by atoms with Gasteiger partial charge in [0.05, 0.1) is 28.9 Å². The summed E-state index contributed by atoms with van der Waals surface area (Å²) in [6.45, 7) is 0. The second-order valence-corrected chi connectivity index (χ2v) is 8.26. The van der Waals surface area contributed by atoms with Gasteiger partial charge in [0.15, 0.2) is 0 Å². The first-order chi connectivity index (χ1) is 18.6. The predicted octanol–water partition coefficient (Wildman–Crippen LogP) is 5.10. The molecule has 0 bridgehead atoms. The molecule has 2 aromatic carbocycles. The van der Waals surface area contributed by atoms with Gasteiger partial charge in [0.25, 0.3) is 5.91 Å². The van der Waals surface area contributed by atoms with E-state index in [9.17, 15) is 35.9 Å². The van der Waals surface area contributed by atoms with Gasteiger partial charge in [-0.2, -0.15) is 26.3 Å². The fourth-order valence-corrected chi connectivity index (χ4v) is 3.62. The van der Waals surface area contributed by atoms with Gasteiger partial charge >= 0.3 is 18.3 Å². The number of aromatic nitrogens is 1. The van der Waals surface area contributed by atoms with Crippen molar-refractivity contribution in [2.24, 2.45) is 0 Å². The van der Waals surface area contributed by atoms with E-state index in [1.165, 1.54) is 25.2 Å². The van der Waals surface area contributed by atoms with Crippen molar-refractivity contribution < 1.29 is 45.8 Å². The van der Waals surface area contributed by atoms with Crippen LogP contribution in [0.1, 0.15) is 21.5 Å². The van der Waals surface area contributed by atoms with Gasteiger partial charge in [0.2, 0.25) is 5.91 Å². The highest BCUT2D eigenvalue weighted by Crippen LogP contribution is 2.38. The number of para-hydroxylation sites is 1. The molecule has 0 atom stereocenters. The van der Waals surface area contributed by atoms with Crippen LogP contribution in [0.15, 0.2) is 54.7 Å². The third-order valence-corrected chi connectivity index (χ3v) is 5.55. The molecule has 0 saturated heterocycles. The van der Waals surface area contributed by atoms with Crippen LogP contribution in [0.3, 0.4) is 0 Å². The number of pyridine rings is 1. The molecule has 4 rings (SSSR count). The first-order valence-corrected chi connectivity index (χ1v) is 11.2. The van der Waals surface area contributed by atoms with Gasteiger partial charge in [-0.15, -0.1) is 0 Å². The fraction of sp³-hybridized carbons (Fsp3) is 0.200. The Bertz CT molecular complexity index is 1440. The number of hydrogen-bond donors (Lipinski definition) is 4. The highest BCUT2D eigenvalue weighted by atomic mass is 19.4. The Kier molecular flexibility index (Phi) is 8.55. The van der Waals surface area contributed by atoms with E-state index in [-0.39, 0.29) is 35.1 Å². The number of aliphatic carboxylic acids is 1. The average Bonchev–Trinajstić information content (AvgIpc) is 3.15. The number of nitrogens with one attached hydrogen (secondary N) is 3. The maximum absolute atomic E-state index is 13.6. The van der Waals surface area contributed by atoms with E-state index in [0.29, 0.717) is 5.69 Å². The quantitative estimate of drug-likeness (QED) is 0.315. The number of anilines is 5. The predicted molar refractivity (Wildman–Crippen MR) is 133 cm³/mol. The number of carbonyl (C=O) groups excluding carboxylic acids is 2. The van der Waals surface area contributed by atoms with Crippen molar-refractivity contribution >= 4 is 46.4 Å². The Morgan fingerprint density at radius 2 is 1.62 bits per heavy atom. The number of alkyl halides is 6. The molecular weight excluding hydrogens is 548 g/mol. The molecule has 1 aliphatic rings. The highest BCUT2D eigenvalue weighted by Gasteiger charge is 2.38. The third-order valence-electron chi connectivity index (χ3n) is 5.55. The summed E-state index contributed by atoms with van der Waals surface area (Å²) in [5.74, 6) is -3.05. The number of carbonyl (C=O) groups is 3. The zero-order chi connectivity index (χ0) is 29.8. The van der Waals surface area contributed by atoms with E-state index in [1.807, 2.05) is 0 Å². The first kappa shape index (κ1) is 29.7. The lowest BCUT2D eigenvalue weighted by atomic mass is 10.1. The largest absolute Gasteiger partial charge is 0.490 e. The molecule has 0 unspecified atom stereocenters. The van der Waals surface area contributed by atoms with Gasteiger partial charge in [-0.3, -0.25) is 9.59 Å². The molecule has 9 nitrogen and oxygen atoms in total. The smallest absolute Gasteiger partial charge is 0.475 e. The maximum atomic E-state index is 13.6. The van der Waals surface area contributed by atoms with Crippen molar-refractivity contribution in [2.75, 3.05) is 29.6 Å². The van der Waals surface area contributed by atoms with E-state index in [4.69, 9.17) is 9.90 Å². The Morgan fingerprint density at radius 1 is 0.975 bits per heavy atom. The van der Waals surface area contributed by atoms with Gasteiger partial charge in [-0.25, -0.2) is 9.78 Å². The van der Waals surface area contributed by atoms with Gasteiger partial charge in [0.1, 0.15) is 5.82 Å². The molecular formula is C25H21F6N5O4. The van der Waals surface area contributed by atoms with E-state index >= 15 is 0 Å². The standard InChI is InChI=1S/C23H20F3N5O2.C2HF3O2/c1-27-22(33)15-5-3-4-6-17(15)30-18-11-20(28-12-16(18)23(24,25)26)29-14-7-8-19-13(9-14)10-21(32)31(19)2;3-2(4,5)1(6)7/h3-9,11-12H,10H2,1-2H3,(H,27,33)(H2,28,29,30);(H,6,7). The summed E-state index contributed by atoms with van der Waals surface area (Å²) in [6.07, 6.45) is -8.75. The van der Waals surface area contributed by atoms with Crippen LogP contribution in [-0.2, 0) is 22.2 Å². The second-order valence-electron chi connectivity index (χ2n) is 8.26. The topological polar surface area (TPSA) is 124 Å². The summed E-state index contributed by atoms with van der Waals surface area (Å²) in [5.41, 5.74) is 1.39. The number of nitrogens with zero attached hydrogens (tertiary/aromatic N) is 2. The van der Waals surface area contributed by atoms with Crippen LogP contribution in [0.5, 0.6) is 0 Å². The van der Waals surface area contributed by atoms with Crippen LogP contribution >= 0.6 is 0 Å². The van der Waals surface area contributed by atoms with Crippen LogP contribution < -0.4 is 20.9 Å². The van der Waals surface area contributed by atoms with Gasteiger partial charge in [-0.1, -0.05) is 12.1 Å². The van der Waals surface area contributed by atoms with Gasteiger partial charge < -0.3 is 26.0 Å². The van der Waals surface area contributed by atoms with Crippen molar-refractivity contribution in [3.63, 3.8) is 0 Å². The molecule has 4 N–H and O–H groups in total. The van der Waals surface area contributed by atoms with Gasteiger partial charge in [0, 0.05) is 37.7 Å². The highest BCUT2D eigenvalue weighted by molar-refractivity contribution is 6.01. The molecule has 0 fully saturated rings. The normalized spacial score (nSPS) is 12.7. The third kappa shape index (κ3) is 6.98. The minimum Gasteiger partial charge on any atom is -0.475 e. The number of hydrogen-bond acceptors (Lipinski definition) is 6. The van der Waals surface area contributed by atoms with Crippen molar-refractivity contribution in [3.8, 4) is 0 Å². The number of carboxylic acids is 1. The molecule has 2 heterocycles. The Labute approximate surface area is 222 Å². The Morgan fingerprint density at radius 3 is 2.23 bits per heavy atom. The lowest BCUT2D eigenvalue weighted by molar-refractivity contribution is -0.192. The summed E-state index contributed by atoms with van der Waals surface area (Å²) in [7, 11) is 3.13. The van der Waals surface area contributed by atoms with Crippen LogP contribution in [0.4, 0.5) is 54.9 Å². The lowest BCUT2D eigenvalue weighted by Gasteiger charge is -2.18. The molecule has 0 aliphatic carbocycles. The van der Waals surface area contributed by atoms with Crippen molar-refractivity contribution in [1.29, 1.82) is 0 Å². The Balaban J connectivity index is 0.000000559. The molecule has 1 aliphatic heterocycles. The number of carboxylic acid groups (broad SMARTS) is 1. The maximum Gasteiger partial charge on any atom is 0.490 e. The first-order valence-electron chi connectivity index (χ1n) is 11.2. The van der Waals surface area contributed by atoms with Crippen molar-refractivity contribution in [2.45, 2.75) is 18.8 Å². The summed E-state index contributed by atoms with van der Waals surface area (Å²) in [4.78, 5) is 38.4. The lowest BCUT2D eigenvalue weighted by Crippen LogP contribution is -2.21. The Hall–Kier alpha value is -4.82. The van der Waals surface area contributed by atoms with E-state index in [2.05, 4.69) is 20.9 Å². The average molecular weight is 569 g/mol. The second kappa shape index (κ2) is 11.5. The van der Waals surface area contributed by atoms with Crippen LogP contribution in [0, 0.1) is 0 Å². The summed E-state index contributed by atoms with van der Waals surface area (Å²) >= 11 is 0. The summed E-state index contributed by atoms with van der Waals surface area (Å²) in [6, 6.07) is 12.8. The summed E-state index contributed by atoms with van der Waals surface area (Å²) in [5, 5.41) is 15.3. The number of likely N-dealkylation sites (N-methyl/N-ethyl adjacent to an activating group) is 1. The molecule has 15 heteroatoms. The molecule has 1 aromatic heterocycles. The molecule has 0 spiro atoms. The van der Waals surface area contributed by atoms with E-state index < -0.39 is 29.8 Å². The minimum absolute atomic E-state index is 0.0314. The SMILES string of the molecule is CNC(=O)c1ccccc1Nc1cc(Nc2ccc3c(c2)CC(=O)N3C)ncc1C(F)(F)F.O=C(O)C(F)(F)F. The zero-order valence-electron chi connectivity index (χ0n) is 20.7. The van der Waals surface area contributed by atoms with Crippen LogP contribution in [-0.4, -0.2) is 48.1 Å². The number of amides is 2. The van der Waals surface area contributed by atoms with Gasteiger partial charge in [-0.05, 0) is 35.9 Å². The monoisotopic (exact) mass is 569 g/mol. The van der Waals surface area contributed by atoms with Crippen LogP contribution in [0.2, 0.25) is 0 Å². The number of fused-ring (bicyclic) bond motifs is 1. The van der Waals surface area contributed by atoms with Crippen LogP contribution in [0.25, 0.3) is 0 Å². The number of rotatable bonds is 5. The van der Waals surface area contributed by atoms with Crippen molar-refractivity contribution in [3.05, 3.63) is 71.4 Å². The zero-order valence-corrected chi connectivity index (χ0v) is 20.7. The van der Waals surface area contributed by atoms with E-state index in [0.717, 1.165) is 17.4 Å². The van der Waals surface area contributed by atoms with Crippen molar-refractivity contribution in [1.82, 2.24) is 10.3 Å². The molecule has 3 aromatic rings. The molecule has 0 saturated carbocycles.